The van der Waals surface area contributed by atoms with E-state index in [-0.39, 0.29) is 11.6 Å². The molecule has 3 aromatic heterocycles. The molecule has 5 rings (SSSR count). The van der Waals surface area contributed by atoms with Gasteiger partial charge in [0, 0.05) is 43.9 Å². The Balaban J connectivity index is 1.44. The summed E-state index contributed by atoms with van der Waals surface area (Å²) in [7, 11) is 2.18. The van der Waals surface area contributed by atoms with Crippen molar-refractivity contribution in [2.24, 2.45) is 0 Å². The number of aryl methyl sites for hydroxylation is 1. The van der Waals surface area contributed by atoms with E-state index in [4.69, 9.17) is 9.97 Å². The Kier molecular flexibility index (Phi) is 6.51. The summed E-state index contributed by atoms with van der Waals surface area (Å²) >= 11 is 0. The minimum atomic E-state index is -1.18. The number of likely N-dealkylation sites (tertiary alicyclic amines) is 1. The molecule has 0 bridgehead atoms. The topological polar surface area (TPSA) is 85.6 Å². The van der Waals surface area contributed by atoms with Gasteiger partial charge in [-0.15, -0.1) is 0 Å². The summed E-state index contributed by atoms with van der Waals surface area (Å²) in [6.45, 7) is 9.29. The number of fused-ring (bicyclic) bond motifs is 2. The van der Waals surface area contributed by atoms with Crippen LogP contribution in [0.2, 0.25) is 0 Å². The third kappa shape index (κ3) is 4.48. The average Bonchev–Trinajstić information content (AvgIpc) is 3.25. The number of rotatable bonds is 5. The number of piperidine rings is 1. The Bertz CT molecular complexity index is 1240. The molecule has 1 aliphatic carbocycles. The summed E-state index contributed by atoms with van der Waals surface area (Å²) in [4.78, 5) is 23.2. The van der Waals surface area contributed by atoms with Gasteiger partial charge in [-0.1, -0.05) is 12.1 Å². The molecule has 1 N–H and O–H groups in total. The fourth-order valence-corrected chi connectivity index (χ4v) is 6.41. The summed E-state index contributed by atoms with van der Waals surface area (Å²) < 4.78 is 3.04. The maximum atomic E-state index is 11.1. The van der Waals surface area contributed by atoms with Crippen molar-refractivity contribution in [2.75, 3.05) is 20.1 Å². The zero-order valence-corrected chi connectivity index (χ0v) is 21.9. The molecule has 8 nitrogen and oxygen atoms in total. The summed E-state index contributed by atoms with van der Waals surface area (Å²) in [5, 5.41) is 13.7. The lowest BCUT2D eigenvalue weighted by Gasteiger charge is -2.51. The van der Waals surface area contributed by atoms with Crippen LogP contribution >= 0.6 is 0 Å². The fraction of sp³-hybridized carbons (Fsp3) is 0.536. The van der Waals surface area contributed by atoms with Crippen LogP contribution in [0.5, 0.6) is 0 Å². The molecule has 2 aliphatic rings. The van der Waals surface area contributed by atoms with Crippen LogP contribution in [-0.2, 0) is 13.0 Å². The minimum Gasteiger partial charge on any atom is -0.530 e. The predicted octanol–water partition coefficient (Wildman–Crippen LogP) is 3.44. The van der Waals surface area contributed by atoms with Crippen LogP contribution in [0.15, 0.2) is 42.7 Å². The SMILES string of the molecule is CN(Cc1cn2c([N+]3(C(C)(C)C)CCC(NC(=O)[O-])CC3)cccc2n1)[C@H]1CCCc2cccnc21. The number of imidazole rings is 1. The van der Waals surface area contributed by atoms with Gasteiger partial charge in [0.1, 0.15) is 11.7 Å². The van der Waals surface area contributed by atoms with Crippen LogP contribution in [0.1, 0.15) is 69.4 Å². The van der Waals surface area contributed by atoms with E-state index in [1.165, 1.54) is 23.5 Å². The van der Waals surface area contributed by atoms with Crippen molar-refractivity contribution in [2.45, 2.75) is 77.0 Å². The van der Waals surface area contributed by atoms with Crippen LogP contribution in [0.3, 0.4) is 0 Å². The molecule has 1 aliphatic heterocycles. The summed E-state index contributed by atoms with van der Waals surface area (Å²) in [5.74, 6) is 1.21. The van der Waals surface area contributed by atoms with Crippen molar-refractivity contribution in [1.29, 1.82) is 0 Å². The molecule has 1 saturated heterocycles. The Morgan fingerprint density at radius 3 is 2.69 bits per heavy atom. The van der Waals surface area contributed by atoms with Crippen molar-refractivity contribution in [1.82, 2.24) is 29.1 Å². The highest BCUT2D eigenvalue weighted by molar-refractivity contribution is 5.62. The summed E-state index contributed by atoms with van der Waals surface area (Å²) in [6, 6.07) is 10.9. The molecule has 3 aromatic rings. The Hall–Kier alpha value is -2.97. The second kappa shape index (κ2) is 9.48. The quantitative estimate of drug-likeness (QED) is 0.554. The number of amides is 1. The molecule has 8 heteroatoms. The van der Waals surface area contributed by atoms with Gasteiger partial charge in [0.2, 0.25) is 5.82 Å². The summed E-state index contributed by atoms with van der Waals surface area (Å²) in [5.41, 5.74) is 4.52. The van der Waals surface area contributed by atoms with Crippen LogP contribution in [0.25, 0.3) is 5.65 Å². The lowest BCUT2D eigenvalue weighted by molar-refractivity contribution is -0.252. The van der Waals surface area contributed by atoms with E-state index in [1.807, 2.05) is 12.3 Å². The zero-order valence-electron chi connectivity index (χ0n) is 21.9. The molecule has 1 atom stereocenters. The number of aromatic nitrogens is 3. The number of carboxylic acid groups (broad SMARTS) is 1. The van der Waals surface area contributed by atoms with Crippen molar-refractivity contribution >= 4 is 17.6 Å². The molecule has 1 amide bonds. The zero-order chi connectivity index (χ0) is 25.5. The maximum Gasteiger partial charge on any atom is 0.214 e. The monoisotopic (exact) mass is 490 g/mol. The maximum absolute atomic E-state index is 11.1. The molecule has 0 unspecified atom stereocenters. The van der Waals surface area contributed by atoms with E-state index >= 15 is 0 Å². The van der Waals surface area contributed by atoms with E-state index in [0.717, 1.165) is 61.1 Å². The number of pyridine rings is 2. The van der Waals surface area contributed by atoms with Gasteiger partial charge >= 0.3 is 0 Å². The van der Waals surface area contributed by atoms with Crippen LogP contribution < -0.4 is 14.9 Å². The van der Waals surface area contributed by atoms with Gasteiger partial charge in [-0.2, -0.15) is 0 Å². The van der Waals surface area contributed by atoms with Gasteiger partial charge in [0.05, 0.1) is 36.1 Å². The number of quaternary nitrogens is 1. The van der Waals surface area contributed by atoms with E-state index in [0.29, 0.717) is 6.04 Å². The van der Waals surface area contributed by atoms with Crippen molar-refractivity contribution in [3.63, 3.8) is 0 Å². The normalized spacial score (nSPS) is 24.6. The number of carbonyl (C=O) groups excluding carboxylic acids is 1. The Morgan fingerprint density at radius 2 is 1.97 bits per heavy atom. The van der Waals surface area contributed by atoms with Gasteiger partial charge in [-0.25, -0.2) is 4.98 Å². The molecule has 4 heterocycles. The van der Waals surface area contributed by atoms with E-state index in [1.54, 1.807) is 0 Å². The third-order valence-electron chi connectivity index (χ3n) is 8.39. The largest absolute Gasteiger partial charge is 0.530 e. The van der Waals surface area contributed by atoms with Gasteiger partial charge in [0.25, 0.3) is 0 Å². The van der Waals surface area contributed by atoms with Crippen molar-refractivity contribution in [3.8, 4) is 0 Å². The first-order valence-electron chi connectivity index (χ1n) is 13.1. The first-order valence-corrected chi connectivity index (χ1v) is 13.1. The highest BCUT2D eigenvalue weighted by atomic mass is 16.4. The van der Waals surface area contributed by atoms with Crippen LogP contribution in [-0.4, -0.2) is 57.1 Å². The number of carbonyl (C=O) groups is 1. The van der Waals surface area contributed by atoms with E-state index in [2.05, 4.69) is 72.9 Å². The third-order valence-corrected chi connectivity index (χ3v) is 8.39. The second-order valence-corrected chi connectivity index (χ2v) is 11.5. The Labute approximate surface area is 213 Å². The van der Waals surface area contributed by atoms with Crippen molar-refractivity contribution in [3.05, 3.63) is 59.7 Å². The van der Waals surface area contributed by atoms with Crippen molar-refractivity contribution < 1.29 is 9.90 Å². The molecule has 0 aromatic carbocycles. The number of nitrogens with zero attached hydrogens (tertiary/aromatic N) is 5. The second-order valence-electron chi connectivity index (χ2n) is 11.5. The molecule has 0 saturated carbocycles. The van der Waals surface area contributed by atoms with E-state index < -0.39 is 6.09 Å². The highest BCUT2D eigenvalue weighted by Gasteiger charge is 2.46. The average molecular weight is 491 g/mol. The molecule has 0 spiro atoms. The number of hydrogen-bond acceptors (Lipinski definition) is 5. The molecule has 1 fully saturated rings. The van der Waals surface area contributed by atoms with Gasteiger partial charge in [-0.3, -0.25) is 18.8 Å². The fourth-order valence-electron chi connectivity index (χ4n) is 6.41. The molecule has 36 heavy (non-hydrogen) atoms. The highest BCUT2D eigenvalue weighted by Crippen LogP contribution is 2.38. The lowest BCUT2D eigenvalue weighted by Crippen LogP contribution is -2.67. The van der Waals surface area contributed by atoms with Gasteiger partial charge in [-0.05, 0) is 64.8 Å². The lowest BCUT2D eigenvalue weighted by atomic mass is 9.91. The molecule has 192 valence electrons. The first-order chi connectivity index (χ1) is 17.2. The van der Waals surface area contributed by atoms with E-state index in [9.17, 15) is 9.90 Å². The standard InChI is InChI=1S/C28H38N6O2/c1-28(2,3)34(16-13-21(14-17-34)31-27(35)36)25-12-6-11-24-30-22(19-33(24)25)18-32(4)23-10-5-8-20-9-7-15-29-26(20)23/h6-7,9,11-12,15,19,21,23,31H,5,8,10,13-14,16-18H2,1-4H3/t21?,23-,34?/m0/s1. The minimum absolute atomic E-state index is 0.0539. The van der Waals surface area contributed by atoms with Crippen LogP contribution in [0.4, 0.5) is 10.6 Å². The molecular formula is C28H38N6O2. The summed E-state index contributed by atoms with van der Waals surface area (Å²) in [6.07, 6.45) is 7.88. The van der Waals surface area contributed by atoms with Gasteiger partial charge in [0.15, 0.2) is 0 Å². The van der Waals surface area contributed by atoms with Crippen LogP contribution in [0, 0.1) is 0 Å². The smallest absolute Gasteiger partial charge is 0.214 e. The number of nitrogens with one attached hydrogen (secondary N) is 1. The molecule has 0 radical (unpaired) electrons. The predicted molar refractivity (Wildman–Crippen MR) is 139 cm³/mol. The number of hydrogen-bond donors (Lipinski definition) is 1. The molecular weight excluding hydrogens is 452 g/mol. The first kappa shape index (κ1) is 24.7. The Morgan fingerprint density at radius 1 is 1.19 bits per heavy atom. The van der Waals surface area contributed by atoms with Gasteiger partial charge < -0.3 is 15.2 Å².